The van der Waals surface area contributed by atoms with E-state index in [0.717, 1.165) is 11.3 Å². The van der Waals surface area contributed by atoms with Crippen molar-refractivity contribution in [3.63, 3.8) is 0 Å². The van der Waals surface area contributed by atoms with Crippen molar-refractivity contribution in [2.24, 2.45) is 0 Å². The van der Waals surface area contributed by atoms with Gasteiger partial charge in [0.25, 0.3) is 0 Å². The average molecular weight is 163 g/mol. The molecule has 1 rings (SSSR count). The number of nitrogens with zero attached hydrogens (tertiary/aromatic N) is 1. The third-order valence-electron chi connectivity index (χ3n) is 0.673. The molecule has 0 aliphatic carbocycles. The topological polar surface area (TPSA) is 50.2 Å². The van der Waals surface area contributed by atoms with Gasteiger partial charge in [-0.1, -0.05) is 11.6 Å². The highest BCUT2D eigenvalue weighted by Crippen LogP contribution is 2.16. The first kappa shape index (κ1) is 6.51. The van der Waals surface area contributed by atoms with Crippen molar-refractivity contribution in [2.45, 2.75) is 0 Å². The van der Waals surface area contributed by atoms with E-state index in [1.165, 1.54) is 0 Å². The van der Waals surface area contributed by atoms with Crippen molar-refractivity contribution in [3.8, 4) is 0 Å². The summed E-state index contributed by atoms with van der Waals surface area (Å²) in [6, 6.07) is 0. The quantitative estimate of drug-likeness (QED) is 0.677. The number of hydrogen-bond donors (Lipinski definition) is 1. The first-order chi connectivity index (χ1) is 4.22. The number of hydrogen-bond acceptors (Lipinski definition) is 3. The zero-order valence-electron chi connectivity index (χ0n) is 4.09. The van der Waals surface area contributed by atoms with Crippen molar-refractivity contribution in [1.29, 1.82) is 0 Å². The van der Waals surface area contributed by atoms with E-state index in [-0.39, 0.29) is 10.0 Å². The summed E-state index contributed by atoms with van der Waals surface area (Å²) >= 11 is 6.21. The molecule has 0 bridgehead atoms. The molecule has 1 aromatic rings. The number of carbonyl (C=O) groups is 1. The highest BCUT2D eigenvalue weighted by Gasteiger charge is 2.10. The summed E-state index contributed by atoms with van der Waals surface area (Å²) in [6.45, 7) is 0. The molecular formula is C4HClNO2S. The van der Waals surface area contributed by atoms with Crippen molar-refractivity contribution in [2.75, 3.05) is 0 Å². The molecule has 9 heavy (non-hydrogen) atoms. The Hall–Kier alpha value is -0.610. The Morgan fingerprint density at radius 3 is 2.78 bits per heavy atom. The van der Waals surface area contributed by atoms with Crippen molar-refractivity contribution < 1.29 is 9.90 Å². The molecule has 0 atom stereocenters. The van der Waals surface area contributed by atoms with Gasteiger partial charge in [0.1, 0.15) is 0 Å². The second-order valence-electron chi connectivity index (χ2n) is 1.23. The fourth-order valence-corrected chi connectivity index (χ4v) is 1.07. The van der Waals surface area contributed by atoms with Crippen LogP contribution in [0.15, 0.2) is 0 Å². The van der Waals surface area contributed by atoms with Gasteiger partial charge in [-0.25, -0.2) is 9.78 Å². The van der Waals surface area contributed by atoms with Crippen LogP contribution in [0.25, 0.3) is 0 Å². The van der Waals surface area contributed by atoms with Crippen LogP contribution in [-0.4, -0.2) is 16.1 Å². The normalized spacial score (nSPS) is 9.44. The second-order valence-corrected chi connectivity index (χ2v) is 2.38. The summed E-state index contributed by atoms with van der Waals surface area (Å²) in [7, 11) is 0. The van der Waals surface area contributed by atoms with E-state index >= 15 is 0 Å². The number of carboxylic acid groups (broad SMARTS) is 1. The Morgan fingerprint density at radius 1 is 1.89 bits per heavy atom. The number of rotatable bonds is 1. The fourth-order valence-electron chi connectivity index (χ4n) is 0.333. The van der Waals surface area contributed by atoms with Crippen LogP contribution in [0.5, 0.6) is 0 Å². The Labute approximate surface area is 59.9 Å². The van der Waals surface area contributed by atoms with Crippen molar-refractivity contribution in [1.82, 2.24) is 4.98 Å². The number of halogens is 1. The van der Waals surface area contributed by atoms with Crippen LogP contribution in [0.4, 0.5) is 0 Å². The Kier molecular flexibility index (Phi) is 1.68. The molecule has 0 amide bonds. The van der Waals surface area contributed by atoms with E-state index in [9.17, 15) is 4.79 Å². The maximum atomic E-state index is 10.1. The van der Waals surface area contributed by atoms with E-state index in [1.54, 1.807) is 0 Å². The van der Waals surface area contributed by atoms with Crippen LogP contribution in [0, 0.1) is 5.51 Å². The summed E-state index contributed by atoms with van der Waals surface area (Å²) in [5.74, 6) is -1.06. The molecule has 1 radical (unpaired) electrons. The van der Waals surface area contributed by atoms with Gasteiger partial charge >= 0.3 is 5.97 Å². The monoisotopic (exact) mass is 162 g/mol. The summed E-state index contributed by atoms with van der Waals surface area (Å²) < 4.78 is 0. The average Bonchev–Trinajstić information content (AvgIpc) is 2.13. The summed E-state index contributed by atoms with van der Waals surface area (Å²) in [5, 5.41) is 8.33. The lowest BCUT2D eigenvalue weighted by atomic mass is 10.6. The molecule has 0 spiro atoms. The first-order valence-electron chi connectivity index (χ1n) is 1.97. The number of carboxylic acids is 1. The Balaban J connectivity index is 3.08. The maximum absolute atomic E-state index is 10.1. The van der Waals surface area contributed by atoms with Crippen LogP contribution in [0.1, 0.15) is 9.67 Å². The predicted molar refractivity (Wildman–Crippen MR) is 32.9 cm³/mol. The summed E-state index contributed by atoms with van der Waals surface area (Å²) in [5.41, 5.74) is 2.36. The number of aromatic carboxylic acids is 1. The molecule has 0 saturated carbocycles. The molecule has 0 unspecified atom stereocenters. The summed E-state index contributed by atoms with van der Waals surface area (Å²) in [6.07, 6.45) is 0. The smallest absolute Gasteiger partial charge is 0.349 e. The van der Waals surface area contributed by atoms with Gasteiger partial charge in [-0.15, -0.1) is 11.3 Å². The molecule has 3 nitrogen and oxygen atoms in total. The largest absolute Gasteiger partial charge is 0.477 e. The zero-order chi connectivity index (χ0) is 6.85. The van der Waals surface area contributed by atoms with E-state index in [0.29, 0.717) is 0 Å². The predicted octanol–water partition coefficient (Wildman–Crippen LogP) is 1.29. The van der Waals surface area contributed by atoms with Gasteiger partial charge in [0.2, 0.25) is 0 Å². The third kappa shape index (κ3) is 1.20. The molecule has 0 fully saturated rings. The van der Waals surface area contributed by atoms with E-state index in [4.69, 9.17) is 16.7 Å². The SMILES string of the molecule is O=C(O)c1s[c]nc1Cl. The standard InChI is InChI=1S/C4HClNO2S/c5-3-2(4(7)8)9-1-6-3/h(H,7,8). The minimum atomic E-state index is -1.06. The lowest BCUT2D eigenvalue weighted by molar-refractivity contribution is 0.0702. The summed E-state index contributed by atoms with van der Waals surface area (Å²) in [4.78, 5) is 13.6. The Bertz CT molecular complexity index is 234. The highest BCUT2D eigenvalue weighted by molar-refractivity contribution is 7.11. The minimum Gasteiger partial charge on any atom is -0.477 e. The molecule has 1 N–H and O–H groups in total. The molecule has 5 heteroatoms. The molecule has 0 aliphatic heterocycles. The number of aromatic nitrogens is 1. The van der Waals surface area contributed by atoms with Gasteiger partial charge < -0.3 is 5.11 Å². The van der Waals surface area contributed by atoms with Crippen molar-refractivity contribution in [3.05, 3.63) is 15.5 Å². The van der Waals surface area contributed by atoms with Crippen LogP contribution >= 0.6 is 22.9 Å². The van der Waals surface area contributed by atoms with Crippen LogP contribution in [0.3, 0.4) is 0 Å². The fraction of sp³-hybridized carbons (Fsp3) is 0. The van der Waals surface area contributed by atoms with Crippen LogP contribution < -0.4 is 0 Å². The van der Waals surface area contributed by atoms with Crippen LogP contribution in [0.2, 0.25) is 5.15 Å². The van der Waals surface area contributed by atoms with Gasteiger partial charge in [0, 0.05) is 0 Å². The Morgan fingerprint density at radius 2 is 2.56 bits per heavy atom. The van der Waals surface area contributed by atoms with Gasteiger partial charge in [-0.05, 0) is 0 Å². The molecular weight excluding hydrogens is 162 g/mol. The second kappa shape index (κ2) is 2.33. The van der Waals surface area contributed by atoms with Gasteiger partial charge in [-0.3, -0.25) is 0 Å². The highest BCUT2D eigenvalue weighted by atomic mass is 35.5. The maximum Gasteiger partial charge on any atom is 0.349 e. The van der Waals surface area contributed by atoms with E-state index in [2.05, 4.69) is 10.5 Å². The molecule has 1 aromatic heterocycles. The molecule has 0 aliphatic rings. The van der Waals surface area contributed by atoms with Gasteiger partial charge in [-0.2, -0.15) is 0 Å². The zero-order valence-corrected chi connectivity index (χ0v) is 5.66. The van der Waals surface area contributed by atoms with Crippen molar-refractivity contribution >= 4 is 28.9 Å². The molecule has 0 saturated heterocycles. The first-order valence-corrected chi connectivity index (χ1v) is 3.17. The molecule has 47 valence electrons. The van der Waals surface area contributed by atoms with E-state index in [1.807, 2.05) is 0 Å². The molecule has 0 aromatic carbocycles. The lowest BCUT2D eigenvalue weighted by Gasteiger charge is -1.82. The van der Waals surface area contributed by atoms with Gasteiger partial charge in [0.15, 0.2) is 15.5 Å². The number of thiazole rings is 1. The molecule has 1 heterocycles. The minimum absolute atomic E-state index is 0.00694. The van der Waals surface area contributed by atoms with Gasteiger partial charge in [0.05, 0.1) is 0 Å². The lowest BCUT2D eigenvalue weighted by Crippen LogP contribution is -1.91. The third-order valence-corrected chi connectivity index (χ3v) is 1.81. The van der Waals surface area contributed by atoms with Crippen LogP contribution in [-0.2, 0) is 0 Å². The van der Waals surface area contributed by atoms with E-state index < -0.39 is 5.97 Å².